The van der Waals surface area contributed by atoms with Crippen LogP contribution in [0.2, 0.25) is 0 Å². The Morgan fingerprint density at radius 3 is 2.61 bits per heavy atom. The van der Waals surface area contributed by atoms with E-state index in [2.05, 4.69) is 9.12 Å². The van der Waals surface area contributed by atoms with Gasteiger partial charge in [-0.1, -0.05) is 18.2 Å². The van der Waals surface area contributed by atoms with Gasteiger partial charge in [-0.25, -0.2) is 0 Å². The van der Waals surface area contributed by atoms with Gasteiger partial charge in [0, 0.05) is 0 Å². The average molecular weight is 333 g/mol. The normalized spacial score (nSPS) is 15.1. The van der Waals surface area contributed by atoms with Gasteiger partial charge >= 0.3 is 10.2 Å². The molecule has 1 aliphatic rings. The maximum atomic E-state index is 11.5. The molecule has 1 aliphatic heterocycles. The van der Waals surface area contributed by atoms with Crippen LogP contribution in [-0.4, -0.2) is 21.4 Å². The minimum absolute atomic E-state index is 0.0934. The zero-order valence-electron chi connectivity index (χ0n) is 12.3. The van der Waals surface area contributed by atoms with Crippen molar-refractivity contribution in [2.24, 2.45) is 10.1 Å². The fraction of sp³-hybridized carbons (Fsp3) is 0.133. The van der Waals surface area contributed by atoms with Crippen LogP contribution in [0.4, 0.5) is 5.69 Å². The van der Waals surface area contributed by atoms with Gasteiger partial charge in [-0.05, 0) is 29.8 Å². The van der Waals surface area contributed by atoms with Crippen molar-refractivity contribution in [2.45, 2.75) is 6.61 Å². The summed E-state index contributed by atoms with van der Waals surface area (Å²) in [6.45, 7) is 0.306. The second-order valence-corrected chi connectivity index (χ2v) is 6.21. The number of ether oxygens (including phenoxy) is 2. The number of hydrogen-bond acceptors (Lipinski definition) is 5. The summed E-state index contributed by atoms with van der Waals surface area (Å²) in [5.41, 5.74) is 7.50. The first-order valence-corrected chi connectivity index (χ1v) is 8.20. The number of hydrogen-bond donors (Lipinski definition) is 2. The van der Waals surface area contributed by atoms with Crippen LogP contribution in [0.1, 0.15) is 11.1 Å². The Balaban J connectivity index is 1.84. The zero-order chi connectivity index (χ0) is 16.4. The summed E-state index contributed by atoms with van der Waals surface area (Å²) in [4.78, 5) is 0. The largest absolute Gasteiger partial charge is 0.497 e. The van der Waals surface area contributed by atoms with Crippen LogP contribution in [-0.2, 0) is 16.8 Å². The van der Waals surface area contributed by atoms with E-state index in [9.17, 15) is 8.42 Å². The van der Waals surface area contributed by atoms with Gasteiger partial charge in [0.15, 0.2) is 5.84 Å². The van der Waals surface area contributed by atoms with E-state index in [4.69, 9.17) is 15.2 Å². The van der Waals surface area contributed by atoms with E-state index in [1.807, 2.05) is 24.3 Å². The molecule has 0 bridgehead atoms. The highest BCUT2D eigenvalue weighted by Crippen LogP contribution is 2.31. The van der Waals surface area contributed by atoms with E-state index in [1.165, 1.54) is 0 Å². The third-order valence-electron chi connectivity index (χ3n) is 3.29. The van der Waals surface area contributed by atoms with Crippen LogP contribution < -0.4 is 19.9 Å². The number of amidine groups is 1. The Bertz CT molecular complexity index is 861. The summed E-state index contributed by atoms with van der Waals surface area (Å²) in [5.74, 6) is 1.13. The lowest BCUT2D eigenvalue weighted by Crippen LogP contribution is -2.26. The number of nitrogens with zero attached hydrogens (tertiary/aromatic N) is 1. The Morgan fingerprint density at radius 1 is 1.17 bits per heavy atom. The van der Waals surface area contributed by atoms with Crippen LogP contribution in [0.25, 0.3) is 0 Å². The van der Waals surface area contributed by atoms with Gasteiger partial charge < -0.3 is 15.2 Å². The Labute approximate surface area is 133 Å². The molecule has 0 saturated heterocycles. The van der Waals surface area contributed by atoms with Crippen LogP contribution in [0.15, 0.2) is 46.9 Å². The van der Waals surface area contributed by atoms with Crippen molar-refractivity contribution in [2.75, 3.05) is 11.8 Å². The van der Waals surface area contributed by atoms with Crippen molar-refractivity contribution in [1.82, 2.24) is 0 Å². The second-order valence-electron chi connectivity index (χ2n) is 4.87. The van der Waals surface area contributed by atoms with Crippen molar-refractivity contribution in [3.05, 3.63) is 53.6 Å². The molecule has 0 atom stereocenters. The predicted molar refractivity (Wildman–Crippen MR) is 87.0 cm³/mol. The molecule has 0 spiro atoms. The number of benzene rings is 2. The molecule has 3 rings (SSSR count). The molecule has 2 aromatic rings. The molecule has 23 heavy (non-hydrogen) atoms. The highest BCUT2D eigenvalue weighted by molar-refractivity contribution is 7.91. The number of rotatable bonds is 4. The van der Waals surface area contributed by atoms with Crippen molar-refractivity contribution >= 4 is 21.7 Å². The maximum absolute atomic E-state index is 11.5. The van der Waals surface area contributed by atoms with Gasteiger partial charge in [-0.2, -0.15) is 8.42 Å². The van der Waals surface area contributed by atoms with E-state index < -0.39 is 10.2 Å². The van der Waals surface area contributed by atoms with Crippen LogP contribution in [0.3, 0.4) is 0 Å². The quantitative estimate of drug-likeness (QED) is 0.885. The lowest BCUT2D eigenvalue weighted by molar-refractivity contribution is 0.305. The smallest absolute Gasteiger partial charge is 0.344 e. The molecule has 0 amide bonds. The van der Waals surface area contributed by atoms with E-state index >= 15 is 0 Å². The van der Waals surface area contributed by atoms with Crippen LogP contribution in [0.5, 0.6) is 11.5 Å². The fourth-order valence-corrected chi connectivity index (χ4v) is 3.06. The van der Waals surface area contributed by atoms with Gasteiger partial charge in [-0.15, -0.1) is 4.40 Å². The minimum atomic E-state index is -3.79. The summed E-state index contributed by atoms with van der Waals surface area (Å²) < 4.78 is 39.7. The molecule has 7 nitrogen and oxygen atoms in total. The van der Waals surface area contributed by atoms with E-state index in [-0.39, 0.29) is 5.84 Å². The highest BCUT2D eigenvalue weighted by Gasteiger charge is 2.24. The summed E-state index contributed by atoms with van der Waals surface area (Å²) in [6.07, 6.45) is 0. The lowest BCUT2D eigenvalue weighted by Gasteiger charge is -2.19. The van der Waals surface area contributed by atoms with E-state index in [0.29, 0.717) is 23.6 Å². The van der Waals surface area contributed by atoms with Gasteiger partial charge in [0.25, 0.3) is 0 Å². The topological polar surface area (TPSA) is 103 Å². The van der Waals surface area contributed by atoms with Gasteiger partial charge in [0.1, 0.15) is 18.1 Å². The van der Waals surface area contributed by atoms with Crippen molar-refractivity contribution in [3.8, 4) is 11.5 Å². The summed E-state index contributed by atoms with van der Waals surface area (Å²) in [7, 11) is -2.19. The van der Waals surface area contributed by atoms with Crippen molar-refractivity contribution in [3.63, 3.8) is 0 Å². The SMILES string of the molecule is COc1ccc(COc2cccc3c2C(N)=NS(=O)(=O)N3)cc1. The van der Waals surface area contributed by atoms with Gasteiger partial charge in [0.2, 0.25) is 0 Å². The van der Waals surface area contributed by atoms with E-state index in [1.54, 1.807) is 25.3 Å². The first-order valence-electron chi connectivity index (χ1n) is 6.76. The Hall–Kier alpha value is -2.74. The zero-order valence-corrected chi connectivity index (χ0v) is 13.1. The predicted octanol–water partition coefficient (Wildman–Crippen LogP) is 1.65. The molecule has 0 saturated carbocycles. The maximum Gasteiger partial charge on any atom is 0.344 e. The third-order valence-corrected chi connectivity index (χ3v) is 4.21. The van der Waals surface area contributed by atoms with Gasteiger partial charge in [0.05, 0.1) is 18.4 Å². The fourth-order valence-electron chi connectivity index (χ4n) is 2.22. The molecular formula is C15H15N3O4S. The van der Waals surface area contributed by atoms with Gasteiger partial charge in [-0.3, -0.25) is 4.72 Å². The molecule has 0 radical (unpaired) electrons. The molecule has 120 valence electrons. The third kappa shape index (κ3) is 3.21. The summed E-state index contributed by atoms with van der Waals surface area (Å²) in [6, 6.07) is 12.4. The molecule has 0 aliphatic carbocycles. The molecule has 1 heterocycles. The highest BCUT2D eigenvalue weighted by atomic mass is 32.2. The first-order chi connectivity index (χ1) is 11.0. The molecule has 2 aromatic carbocycles. The molecule has 0 aromatic heterocycles. The van der Waals surface area contributed by atoms with E-state index in [0.717, 1.165) is 11.3 Å². The standard InChI is InChI=1S/C15H15N3O4S/c1-21-11-7-5-10(6-8-11)9-22-13-4-2-3-12-14(13)15(16)18-23(19,20)17-12/h2-8,17H,9H2,1H3,(H2,16,18). The first kappa shape index (κ1) is 15.2. The van der Waals surface area contributed by atoms with Crippen molar-refractivity contribution in [1.29, 1.82) is 0 Å². The molecule has 0 fully saturated rings. The van der Waals surface area contributed by atoms with Crippen molar-refractivity contribution < 1.29 is 17.9 Å². The average Bonchev–Trinajstić information content (AvgIpc) is 2.51. The summed E-state index contributed by atoms with van der Waals surface area (Å²) in [5, 5.41) is 0. The molecular weight excluding hydrogens is 318 g/mol. The van der Waals surface area contributed by atoms with Crippen LogP contribution >= 0.6 is 0 Å². The van der Waals surface area contributed by atoms with Crippen LogP contribution in [0, 0.1) is 0 Å². The summed E-state index contributed by atoms with van der Waals surface area (Å²) >= 11 is 0. The Morgan fingerprint density at radius 2 is 1.91 bits per heavy atom. The number of nitrogens with two attached hydrogens (primary N) is 1. The molecule has 8 heteroatoms. The minimum Gasteiger partial charge on any atom is -0.497 e. The second kappa shape index (κ2) is 5.81. The monoisotopic (exact) mass is 333 g/mol. The number of fused-ring (bicyclic) bond motifs is 1. The number of anilines is 1. The molecule has 3 N–H and O–H groups in total. The number of methoxy groups -OCH3 is 1. The lowest BCUT2D eigenvalue weighted by atomic mass is 10.1. The molecule has 0 unspecified atom stereocenters. The Kier molecular flexibility index (Phi) is 3.83. The number of nitrogens with one attached hydrogen (secondary N) is 1.